The highest BCUT2D eigenvalue weighted by atomic mass is 16.5. The third-order valence-electron chi connectivity index (χ3n) is 2.91. The second-order valence-corrected chi connectivity index (χ2v) is 4.49. The Morgan fingerprint density at radius 3 is 3.00 bits per heavy atom. The van der Waals surface area contributed by atoms with Crippen LogP contribution in [0.2, 0.25) is 0 Å². The van der Waals surface area contributed by atoms with Crippen molar-refractivity contribution in [1.82, 2.24) is 5.32 Å². The summed E-state index contributed by atoms with van der Waals surface area (Å²) in [5, 5.41) is 3.33. The van der Waals surface area contributed by atoms with E-state index in [9.17, 15) is 0 Å². The van der Waals surface area contributed by atoms with E-state index in [-0.39, 0.29) is 6.10 Å². The zero-order valence-corrected chi connectivity index (χ0v) is 9.41. The van der Waals surface area contributed by atoms with Gasteiger partial charge in [-0.15, -0.1) is 0 Å². The summed E-state index contributed by atoms with van der Waals surface area (Å²) in [4.78, 5) is 0. The fraction of sp³-hybridized carbons (Fsp3) is 1.00. The molecule has 3 atom stereocenters. The molecular formula is C11H21NO3. The predicted molar refractivity (Wildman–Crippen MR) is 56.9 cm³/mol. The minimum Gasteiger partial charge on any atom is -0.381 e. The largest absolute Gasteiger partial charge is 0.381 e. The molecule has 2 rings (SSSR count). The van der Waals surface area contributed by atoms with Gasteiger partial charge in [0, 0.05) is 25.6 Å². The molecule has 0 bridgehead atoms. The molecule has 4 nitrogen and oxygen atoms in total. The molecule has 88 valence electrons. The summed E-state index contributed by atoms with van der Waals surface area (Å²) in [7, 11) is 0. The predicted octanol–water partition coefficient (Wildman–Crippen LogP) is 0.416. The number of morpholine rings is 1. The lowest BCUT2D eigenvalue weighted by atomic mass is 10.1. The highest BCUT2D eigenvalue weighted by Crippen LogP contribution is 2.13. The lowest BCUT2D eigenvalue weighted by Gasteiger charge is -2.28. The number of rotatable bonds is 4. The highest BCUT2D eigenvalue weighted by molar-refractivity contribution is 4.71. The van der Waals surface area contributed by atoms with Gasteiger partial charge < -0.3 is 19.5 Å². The van der Waals surface area contributed by atoms with Crippen LogP contribution in [0.4, 0.5) is 0 Å². The maximum absolute atomic E-state index is 5.73. The van der Waals surface area contributed by atoms with Crippen LogP contribution in [0.3, 0.4) is 0 Å². The Morgan fingerprint density at radius 1 is 1.33 bits per heavy atom. The number of hydrogen-bond donors (Lipinski definition) is 1. The normalized spacial score (nSPS) is 37.0. The van der Waals surface area contributed by atoms with E-state index in [1.807, 2.05) is 0 Å². The third kappa shape index (κ3) is 3.72. The average molecular weight is 215 g/mol. The Balaban J connectivity index is 1.56. The van der Waals surface area contributed by atoms with Crippen LogP contribution in [0.25, 0.3) is 0 Å². The Labute approximate surface area is 91.3 Å². The van der Waals surface area contributed by atoms with Crippen molar-refractivity contribution in [3.63, 3.8) is 0 Å². The molecule has 3 unspecified atom stereocenters. The third-order valence-corrected chi connectivity index (χ3v) is 2.91. The zero-order valence-electron chi connectivity index (χ0n) is 9.41. The second kappa shape index (κ2) is 5.80. The van der Waals surface area contributed by atoms with E-state index in [0.717, 1.165) is 39.3 Å². The Bertz CT molecular complexity index is 183. The van der Waals surface area contributed by atoms with Crippen molar-refractivity contribution >= 4 is 0 Å². The first-order valence-corrected chi connectivity index (χ1v) is 5.86. The first-order valence-electron chi connectivity index (χ1n) is 5.86. The van der Waals surface area contributed by atoms with Crippen molar-refractivity contribution in [3.05, 3.63) is 0 Å². The summed E-state index contributed by atoms with van der Waals surface area (Å²) in [5.41, 5.74) is 0. The summed E-state index contributed by atoms with van der Waals surface area (Å²) in [6.07, 6.45) is 1.67. The van der Waals surface area contributed by atoms with Gasteiger partial charge in [0.15, 0.2) is 0 Å². The number of nitrogens with one attached hydrogen (secondary N) is 1. The van der Waals surface area contributed by atoms with Gasteiger partial charge in [0.1, 0.15) is 0 Å². The maximum Gasteiger partial charge on any atom is 0.0936 e. The lowest BCUT2D eigenvalue weighted by molar-refractivity contribution is -0.0728. The minimum absolute atomic E-state index is 0.219. The monoisotopic (exact) mass is 215 g/mol. The molecule has 2 saturated heterocycles. The van der Waals surface area contributed by atoms with Crippen LogP contribution in [-0.2, 0) is 14.2 Å². The van der Waals surface area contributed by atoms with Gasteiger partial charge in [0.25, 0.3) is 0 Å². The Kier molecular flexibility index (Phi) is 4.38. The van der Waals surface area contributed by atoms with Crippen LogP contribution in [0.5, 0.6) is 0 Å². The molecule has 1 N–H and O–H groups in total. The van der Waals surface area contributed by atoms with Crippen LogP contribution in [0, 0.1) is 5.92 Å². The number of hydrogen-bond acceptors (Lipinski definition) is 4. The Hall–Kier alpha value is -0.160. The van der Waals surface area contributed by atoms with E-state index < -0.39 is 0 Å². The van der Waals surface area contributed by atoms with Crippen LogP contribution in [0.15, 0.2) is 0 Å². The van der Waals surface area contributed by atoms with Gasteiger partial charge in [0.2, 0.25) is 0 Å². The van der Waals surface area contributed by atoms with Gasteiger partial charge in [-0.1, -0.05) is 0 Å². The van der Waals surface area contributed by atoms with Crippen molar-refractivity contribution in [2.45, 2.75) is 25.6 Å². The standard InChI is InChI=1S/C11H21NO3/c1-9-4-12-5-11(15-9)8-14-7-10-2-3-13-6-10/h9-12H,2-8H2,1H3. The Morgan fingerprint density at radius 2 is 2.27 bits per heavy atom. The lowest BCUT2D eigenvalue weighted by Crippen LogP contribution is -2.45. The molecular weight excluding hydrogens is 194 g/mol. The first kappa shape index (κ1) is 11.3. The fourth-order valence-corrected chi connectivity index (χ4v) is 2.05. The van der Waals surface area contributed by atoms with Crippen LogP contribution >= 0.6 is 0 Å². The average Bonchev–Trinajstić information content (AvgIpc) is 2.71. The van der Waals surface area contributed by atoms with E-state index in [0.29, 0.717) is 18.6 Å². The van der Waals surface area contributed by atoms with Crippen molar-refractivity contribution < 1.29 is 14.2 Å². The first-order chi connectivity index (χ1) is 7.34. The molecule has 0 amide bonds. The summed E-state index contributed by atoms with van der Waals surface area (Å²) >= 11 is 0. The second-order valence-electron chi connectivity index (χ2n) is 4.49. The molecule has 2 heterocycles. The summed E-state index contributed by atoms with van der Waals surface area (Å²) in [5.74, 6) is 0.596. The van der Waals surface area contributed by atoms with Crippen LogP contribution < -0.4 is 5.32 Å². The summed E-state index contributed by atoms with van der Waals surface area (Å²) in [6, 6.07) is 0. The van der Waals surface area contributed by atoms with Crippen LogP contribution in [-0.4, -0.2) is 51.7 Å². The van der Waals surface area contributed by atoms with Crippen molar-refractivity contribution in [2.24, 2.45) is 5.92 Å². The molecule has 0 aromatic rings. The van der Waals surface area contributed by atoms with Crippen molar-refractivity contribution in [3.8, 4) is 0 Å². The molecule has 0 aliphatic carbocycles. The fourth-order valence-electron chi connectivity index (χ4n) is 2.05. The van der Waals surface area contributed by atoms with E-state index in [4.69, 9.17) is 14.2 Å². The zero-order chi connectivity index (χ0) is 10.5. The topological polar surface area (TPSA) is 39.7 Å². The van der Waals surface area contributed by atoms with Crippen molar-refractivity contribution in [2.75, 3.05) is 39.5 Å². The molecule has 0 radical (unpaired) electrons. The van der Waals surface area contributed by atoms with Crippen LogP contribution in [0.1, 0.15) is 13.3 Å². The van der Waals surface area contributed by atoms with Crippen molar-refractivity contribution in [1.29, 1.82) is 0 Å². The molecule has 2 aliphatic heterocycles. The van der Waals surface area contributed by atoms with E-state index in [1.54, 1.807) is 0 Å². The summed E-state index contributed by atoms with van der Waals surface area (Å²) < 4.78 is 16.7. The molecule has 0 spiro atoms. The number of ether oxygens (including phenoxy) is 3. The van der Waals surface area contributed by atoms with E-state index in [1.165, 1.54) is 0 Å². The van der Waals surface area contributed by atoms with Gasteiger partial charge in [-0.25, -0.2) is 0 Å². The molecule has 4 heteroatoms. The SMILES string of the molecule is CC1CNCC(COCC2CCOC2)O1. The van der Waals surface area contributed by atoms with Gasteiger partial charge in [-0.2, -0.15) is 0 Å². The quantitative estimate of drug-likeness (QED) is 0.737. The maximum atomic E-state index is 5.73. The van der Waals surface area contributed by atoms with E-state index in [2.05, 4.69) is 12.2 Å². The van der Waals surface area contributed by atoms with Gasteiger partial charge >= 0.3 is 0 Å². The highest BCUT2D eigenvalue weighted by Gasteiger charge is 2.20. The smallest absolute Gasteiger partial charge is 0.0936 e. The van der Waals surface area contributed by atoms with Gasteiger partial charge in [-0.05, 0) is 13.3 Å². The minimum atomic E-state index is 0.219. The molecule has 0 aromatic carbocycles. The molecule has 15 heavy (non-hydrogen) atoms. The molecule has 2 fully saturated rings. The molecule has 0 aromatic heterocycles. The van der Waals surface area contributed by atoms with Gasteiger partial charge in [-0.3, -0.25) is 0 Å². The van der Waals surface area contributed by atoms with E-state index >= 15 is 0 Å². The summed E-state index contributed by atoms with van der Waals surface area (Å²) in [6.45, 7) is 7.22. The molecule has 2 aliphatic rings. The molecule has 0 saturated carbocycles. The van der Waals surface area contributed by atoms with Gasteiger partial charge in [0.05, 0.1) is 32.0 Å².